The van der Waals surface area contributed by atoms with Gasteiger partial charge in [0.15, 0.2) is 0 Å². The first kappa shape index (κ1) is 18.0. The molecule has 0 heterocycles. The second-order valence-corrected chi connectivity index (χ2v) is 5.91. The van der Waals surface area contributed by atoms with Crippen LogP contribution in [0.15, 0.2) is 54.6 Å². The molecule has 0 unspecified atom stereocenters. The van der Waals surface area contributed by atoms with Crippen LogP contribution in [0.4, 0.5) is 5.69 Å². The first-order valence-corrected chi connectivity index (χ1v) is 8.24. The predicted molar refractivity (Wildman–Crippen MR) is 97.0 cm³/mol. The van der Waals surface area contributed by atoms with E-state index in [1.807, 2.05) is 49.4 Å². The van der Waals surface area contributed by atoms with Crippen LogP contribution in [0.5, 0.6) is 0 Å². The third-order valence-electron chi connectivity index (χ3n) is 3.74. The molecule has 0 fully saturated rings. The van der Waals surface area contributed by atoms with Gasteiger partial charge >= 0.3 is 0 Å². The minimum Gasteiger partial charge on any atom is -0.329 e. The van der Waals surface area contributed by atoms with Gasteiger partial charge in [-0.15, -0.1) is 0 Å². The zero-order valence-corrected chi connectivity index (χ0v) is 14.7. The van der Waals surface area contributed by atoms with Gasteiger partial charge < -0.3 is 9.80 Å². The third kappa shape index (κ3) is 4.83. The van der Waals surface area contributed by atoms with Gasteiger partial charge in [-0.05, 0) is 36.8 Å². The third-order valence-corrected chi connectivity index (χ3v) is 4.00. The van der Waals surface area contributed by atoms with Crippen LogP contribution < -0.4 is 4.90 Å². The number of hydrogen-bond acceptors (Lipinski definition) is 2. The lowest BCUT2D eigenvalue weighted by Crippen LogP contribution is -2.42. The first-order valence-electron chi connectivity index (χ1n) is 7.86. The van der Waals surface area contributed by atoms with Crippen molar-refractivity contribution in [3.05, 3.63) is 65.2 Å². The SMILES string of the molecule is CCN(C(=O)CN(Cc1ccc(Cl)cc1)C(C)=O)c1ccccc1. The van der Waals surface area contributed by atoms with Crippen molar-refractivity contribution >= 4 is 29.1 Å². The molecule has 0 aliphatic heterocycles. The molecule has 24 heavy (non-hydrogen) atoms. The van der Waals surface area contributed by atoms with Crippen LogP contribution in [0.1, 0.15) is 19.4 Å². The quantitative estimate of drug-likeness (QED) is 0.801. The summed E-state index contributed by atoms with van der Waals surface area (Å²) in [7, 11) is 0. The fourth-order valence-electron chi connectivity index (χ4n) is 2.45. The summed E-state index contributed by atoms with van der Waals surface area (Å²) in [5.41, 5.74) is 1.77. The Kier molecular flexibility index (Phi) is 6.38. The molecular formula is C19H21ClN2O2. The molecule has 4 nitrogen and oxygen atoms in total. The molecule has 0 N–H and O–H groups in total. The van der Waals surface area contributed by atoms with Gasteiger partial charge in [-0.1, -0.05) is 41.9 Å². The van der Waals surface area contributed by atoms with Crippen molar-refractivity contribution in [3.63, 3.8) is 0 Å². The number of carbonyl (C=O) groups excluding carboxylic acids is 2. The first-order chi connectivity index (χ1) is 11.5. The number of hydrogen-bond donors (Lipinski definition) is 0. The molecule has 2 rings (SSSR count). The summed E-state index contributed by atoms with van der Waals surface area (Å²) in [6, 6.07) is 16.7. The number of likely N-dealkylation sites (N-methyl/N-ethyl adjacent to an activating group) is 1. The minimum atomic E-state index is -0.137. The molecule has 0 aromatic heterocycles. The summed E-state index contributed by atoms with van der Waals surface area (Å²) in [4.78, 5) is 27.8. The summed E-state index contributed by atoms with van der Waals surface area (Å²) < 4.78 is 0. The number of benzene rings is 2. The molecule has 0 saturated heterocycles. The van der Waals surface area contributed by atoms with Crippen molar-refractivity contribution in [2.75, 3.05) is 18.0 Å². The largest absolute Gasteiger partial charge is 0.329 e. The fraction of sp³-hybridized carbons (Fsp3) is 0.263. The Labute approximate surface area is 147 Å². The van der Waals surface area contributed by atoms with Crippen LogP contribution in [0.25, 0.3) is 0 Å². The zero-order chi connectivity index (χ0) is 17.5. The summed E-state index contributed by atoms with van der Waals surface area (Å²) in [6.07, 6.45) is 0. The van der Waals surface area contributed by atoms with E-state index in [9.17, 15) is 9.59 Å². The highest BCUT2D eigenvalue weighted by atomic mass is 35.5. The van der Waals surface area contributed by atoms with Crippen LogP contribution in [0.3, 0.4) is 0 Å². The number of halogens is 1. The van der Waals surface area contributed by atoms with Gasteiger partial charge in [0.05, 0.1) is 0 Å². The van der Waals surface area contributed by atoms with Crippen LogP contribution in [-0.2, 0) is 16.1 Å². The van der Waals surface area contributed by atoms with E-state index in [-0.39, 0.29) is 18.4 Å². The minimum absolute atomic E-state index is 0.0424. The zero-order valence-electron chi connectivity index (χ0n) is 13.9. The van der Waals surface area contributed by atoms with E-state index in [0.29, 0.717) is 18.1 Å². The number of anilines is 1. The van der Waals surface area contributed by atoms with Crippen molar-refractivity contribution in [3.8, 4) is 0 Å². The van der Waals surface area contributed by atoms with E-state index < -0.39 is 0 Å². The van der Waals surface area contributed by atoms with Crippen molar-refractivity contribution in [2.45, 2.75) is 20.4 Å². The second kappa shape index (κ2) is 8.50. The van der Waals surface area contributed by atoms with Gasteiger partial charge in [0.25, 0.3) is 0 Å². The van der Waals surface area contributed by atoms with Gasteiger partial charge in [-0.2, -0.15) is 0 Å². The lowest BCUT2D eigenvalue weighted by Gasteiger charge is -2.26. The van der Waals surface area contributed by atoms with Crippen LogP contribution in [-0.4, -0.2) is 29.8 Å². The Morgan fingerprint density at radius 2 is 1.62 bits per heavy atom. The maximum absolute atomic E-state index is 12.6. The Morgan fingerprint density at radius 1 is 1.00 bits per heavy atom. The highest BCUT2D eigenvalue weighted by Gasteiger charge is 2.19. The molecule has 0 spiro atoms. The molecule has 2 aromatic carbocycles. The van der Waals surface area contributed by atoms with E-state index in [4.69, 9.17) is 11.6 Å². The molecule has 2 aromatic rings. The number of carbonyl (C=O) groups is 2. The van der Waals surface area contributed by atoms with Gasteiger partial charge in [0, 0.05) is 30.7 Å². The molecule has 0 saturated carbocycles. The topological polar surface area (TPSA) is 40.6 Å². The molecule has 0 atom stereocenters. The molecule has 0 aliphatic carbocycles. The lowest BCUT2D eigenvalue weighted by molar-refractivity contribution is -0.134. The summed E-state index contributed by atoms with van der Waals surface area (Å²) in [6.45, 7) is 4.37. The highest BCUT2D eigenvalue weighted by molar-refractivity contribution is 6.30. The van der Waals surface area contributed by atoms with Crippen molar-refractivity contribution in [1.29, 1.82) is 0 Å². The summed E-state index contributed by atoms with van der Waals surface area (Å²) in [5.74, 6) is -0.240. The summed E-state index contributed by atoms with van der Waals surface area (Å²) >= 11 is 5.88. The second-order valence-electron chi connectivity index (χ2n) is 5.48. The maximum atomic E-state index is 12.6. The molecule has 0 aliphatic rings. The maximum Gasteiger partial charge on any atom is 0.246 e. The molecule has 0 bridgehead atoms. The number of rotatable bonds is 6. The molecule has 0 radical (unpaired) electrons. The monoisotopic (exact) mass is 344 g/mol. The highest BCUT2D eigenvalue weighted by Crippen LogP contribution is 2.15. The lowest BCUT2D eigenvalue weighted by atomic mass is 10.2. The van der Waals surface area contributed by atoms with Gasteiger partial charge in [-0.3, -0.25) is 9.59 Å². The fourth-order valence-corrected chi connectivity index (χ4v) is 2.57. The Hall–Kier alpha value is -2.33. The normalized spacial score (nSPS) is 10.3. The Bertz CT molecular complexity index is 686. The van der Waals surface area contributed by atoms with E-state index in [2.05, 4.69) is 0 Å². The number of para-hydroxylation sites is 1. The average Bonchev–Trinajstić information content (AvgIpc) is 2.57. The smallest absolute Gasteiger partial charge is 0.246 e. The predicted octanol–water partition coefficient (Wildman–Crippen LogP) is 3.74. The van der Waals surface area contributed by atoms with E-state index in [1.165, 1.54) is 11.8 Å². The standard InChI is InChI=1S/C19H21ClN2O2/c1-3-22(18-7-5-4-6-8-18)19(24)14-21(15(2)23)13-16-9-11-17(20)12-10-16/h4-12H,3,13-14H2,1-2H3. The van der Waals surface area contributed by atoms with Gasteiger partial charge in [0.2, 0.25) is 11.8 Å². The van der Waals surface area contributed by atoms with Crippen molar-refractivity contribution < 1.29 is 9.59 Å². The Balaban J connectivity index is 2.10. The van der Waals surface area contributed by atoms with Gasteiger partial charge in [-0.25, -0.2) is 0 Å². The van der Waals surface area contributed by atoms with Crippen LogP contribution in [0.2, 0.25) is 5.02 Å². The Morgan fingerprint density at radius 3 is 2.17 bits per heavy atom. The van der Waals surface area contributed by atoms with Gasteiger partial charge in [0.1, 0.15) is 6.54 Å². The molecule has 2 amide bonds. The van der Waals surface area contributed by atoms with Crippen molar-refractivity contribution in [1.82, 2.24) is 4.90 Å². The number of nitrogens with zero attached hydrogens (tertiary/aromatic N) is 2. The molecule has 5 heteroatoms. The molecule has 126 valence electrons. The average molecular weight is 345 g/mol. The summed E-state index contributed by atoms with van der Waals surface area (Å²) in [5, 5.41) is 0.644. The molecular weight excluding hydrogens is 324 g/mol. The van der Waals surface area contributed by atoms with Crippen LogP contribution in [0, 0.1) is 0 Å². The van der Waals surface area contributed by atoms with Crippen molar-refractivity contribution in [2.24, 2.45) is 0 Å². The number of amides is 2. The van der Waals surface area contributed by atoms with E-state index >= 15 is 0 Å². The van der Waals surface area contributed by atoms with E-state index in [1.54, 1.807) is 17.0 Å². The van der Waals surface area contributed by atoms with E-state index in [0.717, 1.165) is 11.3 Å². The van der Waals surface area contributed by atoms with Crippen LogP contribution >= 0.6 is 11.6 Å².